The number of carbonyl (C=O) groups excluding carboxylic acids is 1. The molecule has 1 fully saturated rings. The van der Waals surface area contributed by atoms with Gasteiger partial charge in [-0.3, -0.25) is 10.2 Å². The van der Waals surface area contributed by atoms with Crippen LogP contribution in [-0.4, -0.2) is 47.8 Å². The lowest BCUT2D eigenvalue weighted by atomic mass is 9.93. The van der Waals surface area contributed by atoms with Crippen LogP contribution in [0.5, 0.6) is 0 Å². The van der Waals surface area contributed by atoms with Gasteiger partial charge in [0, 0.05) is 55.1 Å². The maximum Gasteiger partial charge on any atom is 0.289 e. The minimum absolute atomic E-state index is 0.0433. The maximum atomic E-state index is 13.4. The number of aryl methyl sites for hydroxylation is 1. The summed E-state index contributed by atoms with van der Waals surface area (Å²) >= 11 is 5.40. The first-order chi connectivity index (χ1) is 17.1. The Bertz CT molecular complexity index is 1230. The van der Waals surface area contributed by atoms with E-state index in [0.717, 1.165) is 60.6 Å². The molecule has 2 heterocycles. The van der Waals surface area contributed by atoms with E-state index < -0.39 is 0 Å². The second-order valence-corrected chi connectivity index (χ2v) is 9.22. The van der Waals surface area contributed by atoms with Crippen LogP contribution in [0.15, 0.2) is 70.2 Å². The van der Waals surface area contributed by atoms with Crippen molar-refractivity contribution in [2.45, 2.75) is 26.2 Å². The molecule has 0 saturated carbocycles. The van der Waals surface area contributed by atoms with Gasteiger partial charge in [-0.1, -0.05) is 36.4 Å². The number of hydrogen-bond acceptors (Lipinski definition) is 5. The van der Waals surface area contributed by atoms with Gasteiger partial charge >= 0.3 is 0 Å². The lowest BCUT2D eigenvalue weighted by Gasteiger charge is -2.35. The van der Waals surface area contributed by atoms with E-state index in [-0.39, 0.29) is 5.91 Å². The monoisotopic (exact) mass is 487 g/mol. The van der Waals surface area contributed by atoms with Gasteiger partial charge in [0.05, 0.1) is 5.71 Å². The number of anilines is 2. The fraction of sp³-hybridized carbons (Fsp3) is 0.296. The number of nitrogens with one attached hydrogen (secondary N) is 2. The number of furan rings is 1. The van der Waals surface area contributed by atoms with Gasteiger partial charge in [-0.2, -0.15) is 5.10 Å². The molecule has 2 N–H and O–H groups in total. The Kier molecular flexibility index (Phi) is 6.81. The van der Waals surface area contributed by atoms with Crippen LogP contribution >= 0.6 is 12.2 Å². The van der Waals surface area contributed by atoms with Crippen molar-refractivity contribution in [2.75, 3.05) is 36.4 Å². The summed E-state index contributed by atoms with van der Waals surface area (Å²) in [6.45, 7) is 4.90. The number of fused-ring (bicyclic) bond motifs is 1. The van der Waals surface area contributed by atoms with E-state index in [4.69, 9.17) is 16.6 Å². The highest BCUT2D eigenvalue weighted by molar-refractivity contribution is 7.80. The zero-order valence-corrected chi connectivity index (χ0v) is 20.6. The number of carbonyl (C=O) groups is 1. The van der Waals surface area contributed by atoms with E-state index in [0.29, 0.717) is 24.0 Å². The molecular weight excluding hydrogens is 458 g/mol. The zero-order chi connectivity index (χ0) is 24.2. The second kappa shape index (κ2) is 10.3. The summed E-state index contributed by atoms with van der Waals surface area (Å²) in [6, 6.07) is 20.0. The zero-order valence-electron chi connectivity index (χ0n) is 19.8. The first-order valence-electron chi connectivity index (χ1n) is 12.0. The number of para-hydroxylation sites is 2. The molecule has 35 heavy (non-hydrogen) atoms. The Morgan fingerprint density at radius 3 is 2.37 bits per heavy atom. The molecule has 0 unspecified atom stereocenters. The van der Waals surface area contributed by atoms with Crippen molar-refractivity contribution in [3.8, 4) is 0 Å². The third-order valence-electron chi connectivity index (χ3n) is 6.53. The summed E-state index contributed by atoms with van der Waals surface area (Å²) < 4.78 is 6.13. The van der Waals surface area contributed by atoms with Gasteiger partial charge in [-0.25, -0.2) is 0 Å². The molecule has 8 heteroatoms. The van der Waals surface area contributed by atoms with Gasteiger partial charge in [0.2, 0.25) is 0 Å². The van der Waals surface area contributed by atoms with E-state index in [2.05, 4.69) is 32.9 Å². The summed E-state index contributed by atoms with van der Waals surface area (Å²) in [5.41, 5.74) is 7.72. The first-order valence-corrected chi connectivity index (χ1v) is 12.4. The van der Waals surface area contributed by atoms with Crippen molar-refractivity contribution in [1.82, 2.24) is 10.3 Å². The Balaban J connectivity index is 1.27. The van der Waals surface area contributed by atoms with Crippen LogP contribution in [0.2, 0.25) is 0 Å². The van der Waals surface area contributed by atoms with Crippen LogP contribution in [0.25, 0.3) is 0 Å². The van der Waals surface area contributed by atoms with Crippen molar-refractivity contribution in [3.63, 3.8) is 0 Å². The van der Waals surface area contributed by atoms with Gasteiger partial charge in [0.1, 0.15) is 5.76 Å². The van der Waals surface area contributed by atoms with Crippen molar-refractivity contribution in [1.29, 1.82) is 0 Å². The molecule has 5 rings (SSSR count). The summed E-state index contributed by atoms with van der Waals surface area (Å²) in [5, 5.41) is 8.13. The lowest BCUT2D eigenvalue weighted by Crippen LogP contribution is -2.48. The largest absolute Gasteiger partial charge is 0.455 e. The van der Waals surface area contributed by atoms with Gasteiger partial charge in [0.25, 0.3) is 5.91 Å². The van der Waals surface area contributed by atoms with Crippen molar-refractivity contribution >= 4 is 40.3 Å². The molecule has 1 saturated heterocycles. The minimum atomic E-state index is -0.0433. The molecule has 0 atom stereocenters. The predicted molar refractivity (Wildman–Crippen MR) is 143 cm³/mol. The summed E-state index contributed by atoms with van der Waals surface area (Å²) in [6.07, 6.45) is 2.53. The molecule has 3 aromatic rings. The average Bonchev–Trinajstić information content (AvgIpc) is 3.25. The second-order valence-electron chi connectivity index (χ2n) is 8.81. The molecule has 0 radical (unpaired) electrons. The van der Waals surface area contributed by atoms with Gasteiger partial charge in [0.15, 0.2) is 10.9 Å². The third-order valence-corrected chi connectivity index (χ3v) is 6.73. The topological polar surface area (TPSA) is 73.1 Å². The van der Waals surface area contributed by atoms with Crippen LogP contribution in [0.1, 0.15) is 40.3 Å². The molecular formula is C27H29N5O2S. The predicted octanol–water partition coefficient (Wildman–Crippen LogP) is 4.58. The number of benzene rings is 2. The van der Waals surface area contributed by atoms with E-state index in [1.165, 1.54) is 5.69 Å². The third kappa shape index (κ3) is 5.07. The SMILES string of the molecule is Cc1c(C(=O)N2CCN(c3ccccc3)CC2)oc2c1/C(=N/NC(=S)Nc1ccccc1)CCC2. The molecule has 1 aliphatic heterocycles. The van der Waals surface area contributed by atoms with Crippen molar-refractivity contribution < 1.29 is 9.21 Å². The van der Waals surface area contributed by atoms with Gasteiger partial charge in [-0.15, -0.1) is 0 Å². The number of hydrogen-bond donors (Lipinski definition) is 2. The Morgan fingerprint density at radius 2 is 1.66 bits per heavy atom. The van der Waals surface area contributed by atoms with Gasteiger partial charge in [-0.05, 0) is 56.2 Å². The minimum Gasteiger partial charge on any atom is -0.455 e. The first kappa shape index (κ1) is 23.1. The Morgan fingerprint density at radius 1 is 0.971 bits per heavy atom. The van der Waals surface area contributed by atoms with E-state index in [1.807, 2.05) is 60.4 Å². The Labute approximate surface area is 210 Å². The van der Waals surface area contributed by atoms with Crippen LogP contribution in [-0.2, 0) is 6.42 Å². The van der Waals surface area contributed by atoms with Crippen molar-refractivity contribution in [3.05, 3.63) is 83.3 Å². The number of nitrogens with zero attached hydrogens (tertiary/aromatic N) is 3. The maximum absolute atomic E-state index is 13.4. The standard InChI is InChI=1S/C27H29N5O2S/c1-19-24-22(29-30-27(35)28-20-9-4-2-5-10-20)13-8-14-23(24)34-25(19)26(33)32-17-15-31(16-18-32)21-11-6-3-7-12-21/h2-7,9-12H,8,13-18H2,1H3,(H2,28,30,35)/b29-22+. The van der Waals surface area contributed by atoms with E-state index in [9.17, 15) is 4.79 Å². The number of thiocarbonyl (C=S) groups is 1. The highest BCUT2D eigenvalue weighted by Gasteiger charge is 2.31. The lowest BCUT2D eigenvalue weighted by molar-refractivity contribution is 0.0711. The highest BCUT2D eigenvalue weighted by Crippen LogP contribution is 2.31. The normalized spacial score (nSPS) is 16.7. The van der Waals surface area contributed by atoms with E-state index >= 15 is 0 Å². The molecule has 0 spiro atoms. The number of piperazine rings is 1. The van der Waals surface area contributed by atoms with E-state index in [1.54, 1.807) is 0 Å². The molecule has 2 aliphatic rings. The van der Waals surface area contributed by atoms with Crippen molar-refractivity contribution in [2.24, 2.45) is 5.10 Å². The number of hydrazone groups is 1. The number of amides is 1. The molecule has 0 bridgehead atoms. The molecule has 180 valence electrons. The fourth-order valence-electron chi connectivity index (χ4n) is 4.73. The fourth-order valence-corrected chi connectivity index (χ4v) is 4.90. The molecule has 2 aromatic carbocycles. The average molecular weight is 488 g/mol. The van der Waals surface area contributed by atoms with Crippen LogP contribution < -0.4 is 15.6 Å². The summed E-state index contributed by atoms with van der Waals surface area (Å²) in [7, 11) is 0. The molecule has 1 aliphatic carbocycles. The smallest absolute Gasteiger partial charge is 0.289 e. The highest BCUT2D eigenvalue weighted by atomic mass is 32.1. The summed E-state index contributed by atoms with van der Waals surface area (Å²) in [4.78, 5) is 17.6. The molecule has 7 nitrogen and oxygen atoms in total. The van der Waals surface area contributed by atoms with Gasteiger partial charge < -0.3 is 19.5 Å². The number of rotatable bonds is 4. The molecule has 1 amide bonds. The quantitative estimate of drug-likeness (QED) is 0.415. The summed E-state index contributed by atoms with van der Waals surface area (Å²) in [5.74, 6) is 1.23. The van der Waals surface area contributed by atoms with Crippen LogP contribution in [0, 0.1) is 6.92 Å². The van der Waals surface area contributed by atoms with Crippen LogP contribution in [0.4, 0.5) is 11.4 Å². The Hall–Kier alpha value is -3.65. The molecule has 1 aromatic heterocycles. The van der Waals surface area contributed by atoms with Crippen LogP contribution in [0.3, 0.4) is 0 Å².